The largest absolute Gasteiger partial charge is 0.415 e. The van der Waals surface area contributed by atoms with Gasteiger partial charge in [-0.1, -0.05) is 15.9 Å². The maximum atomic E-state index is 12.9. The van der Waals surface area contributed by atoms with Crippen molar-refractivity contribution in [1.82, 2.24) is 4.90 Å². The van der Waals surface area contributed by atoms with Gasteiger partial charge in [-0.05, 0) is 62.4 Å². The van der Waals surface area contributed by atoms with Crippen molar-refractivity contribution in [2.75, 3.05) is 6.54 Å². The number of ketones is 1. The first-order valence-electron chi connectivity index (χ1n) is 7.93. The predicted molar refractivity (Wildman–Crippen MR) is 97.4 cm³/mol. The normalized spacial score (nSPS) is 11.7. The fraction of sp³-hybridized carbons (Fsp3) is 0.263. The van der Waals surface area contributed by atoms with Crippen LogP contribution in [0, 0.1) is 5.82 Å². The second-order valence-electron chi connectivity index (χ2n) is 5.59. The van der Waals surface area contributed by atoms with Crippen molar-refractivity contribution in [1.29, 1.82) is 0 Å². The van der Waals surface area contributed by atoms with E-state index in [-0.39, 0.29) is 18.2 Å². The highest BCUT2D eigenvalue weighted by Crippen LogP contribution is 2.18. The van der Waals surface area contributed by atoms with E-state index in [0.717, 1.165) is 4.47 Å². The summed E-state index contributed by atoms with van der Waals surface area (Å²) in [5.41, 5.74) is 0.422. The van der Waals surface area contributed by atoms with Crippen molar-refractivity contribution in [3.8, 4) is 5.75 Å². The minimum absolute atomic E-state index is 0.134. The highest BCUT2D eigenvalue weighted by molar-refractivity contribution is 9.10. The number of hydrogen-bond acceptors (Lipinski definition) is 3. The third kappa shape index (κ3) is 5.39. The van der Waals surface area contributed by atoms with Crippen LogP contribution in [0.1, 0.15) is 30.6 Å². The molecular weight excluding hydrogens is 389 g/mol. The molecule has 0 spiro atoms. The lowest BCUT2D eigenvalue weighted by atomic mass is 10.0. The number of Topliss-reactive ketones (excluding diaryl/α,β-unsaturated/α-hetero) is 1. The summed E-state index contributed by atoms with van der Waals surface area (Å²) in [7, 11) is 0. The van der Waals surface area contributed by atoms with Crippen LogP contribution in [0.4, 0.5) is 9.18 Å². The maximum absolute atomic E-state index is 12.9. The van der Waals surface area contributed by atoms with Gasteiger partial charge in [0, 0.05) is 29.0 Å². The topological polar surface area (TPSA) is 46.6 Å². The molecule has 132 valence electrons. The molecule has 0 aliphatic rings. The van der Waals surface area contributed by atoms with Crippen molar-refractivity contribution in [3.63, 3.8) is 0 Å². The van der Waals surface area contributed by atoms with Crippen molar-refractivity contribution < 1.29 is 18.7 Å². The summed E-state index contributed by atoms with van der Waals surface area (Å²) in [6, 6.07) is 12.0. The van der Waals surface area contributed by atoms with E-state index in [4.69, 9.17) is 4.74 Å². The molecule has 0 fully saturated rings. The Hall–Kier alpha value is -2.21. The summed E-state index contributed by atoms with van der Waals surface area (Å²) in [5, 5.41) is 0. The van der Waals surface area contributed by atoms with Gasteiger partial charge in [-0.3, -0.25) is 4.79 Å². The summed E-state index contributed by atoms with van der Waals surface area (Å²) in [6.45, 7) is 4.02. The first-order chi connectivity index (χ1) is 11.9. The zero-order valence-electron chi connectivity index (χ0n) is 14.0. The van der Waals surface area contributed by atoms with Crippen LogP contribution in [-0.4, -0.2) is 29.4 Å². The summed E-state index contributed by atoms with van der Waals surface area (Å²) in [5.74, 6) is -0.107. The van der Waals surface area contributed by atoms with Gasteiger partial charge in [-0.2, -0.15) is 0 Å². The summed E-state index contributed by atoms with van der Waals surface area (Å²) < 4.78 is 19.2. The van der Waals surface area contributed by atoms with Crippen LogP contribution in [0.15, 0.2) is 53.0 Å². The smallest absolute Gasteiger partial charge is 0.410 e. The first kappa shape index (κ1) is 19.1. The molecule has 0 aromatic heterocycles. The Kier molecular flexibility index (Phi) is 6.70. The summed E-state index contributed by atoms with van der Waals surface area (Å²) >= 11 is 3.32. The van der Waals surface area contributed by atoms with Gasteiger partial charge in [0.25, 0.3) is 0 Å². The minimum Gasteiger partial charge on any atom is -0.410 e. The minimum atomic E-state index is -0.510. The van der Waals surface area contributed by atoms with Crippen LogP contribution in [0.5, 0.6) is 5.75 Å². The van der Waals surface area contributed by atoms with Gasteiger partial charge in [-0.15, -0.1) is 0 Å². The molecule has 1 atom stereocenters. The molecular formula is C19H19BrFNO3. The summed E-state index contributed by atoms with van der Waals surface area (Å²) in [6.07, 6.45) is -0.376. The van der Waals surface area contributed by atoms with E-state index in [1.807, 2.05) is 6.92 Å². The van der Waals surface area contributed by atoms with Gasteiger partial charge in [0.15, 0.2) is 5.78 Å². The van der Waals surface area contributed by atoms with Gasteiger partial charge >= 0.3 is 6.09 Å². The number of amides is 1. The van der Waals surface area contributed by atoms with Gasteiger partial charge in [0.2, 0.25) is 0 Å². The van der Waals surface area contributed by atoms with Crippen molar-refractivity contribution in [2.45, 2.75) is 26.3 Å². The predicted octanol–water partition coefficient (Wildman–Crippen LogP) is 5.07. The van der Waals surface area contributed by atoms with Crippen molar-refractivity contribution in [2.24, 2.45) is 0 Å². The standard InChI is InChI=1S/C19H19BrFNO3/c1-3-22(19(24)25-17-10-6-15(20)7-11-17)13(2)12-18(23)14-4-8-16(21)9-5-14/h4-11,13H,3,12H2,1-2H3. The number of halogens is 2. The van der Waals surface area contributed by atoms with E-state index >= 15 is 0 Å². The number of rotatable bonds is 6. The van der Waals surface area contributed by atoms with Crippen molar-refractivity contribution >= 4 is 27.8 Å². The zero-order chi connectivity index (χ0) is 18.4. The molecule has 0 saturated carbocycles. The Labute approximate surface area is 154 Å². The van der Waals surface area contributed by atoms with E-state index in [1.54, 1.807) is 31.2 Å². The SMILES string of the molecule is CCN(C(=O)Oc1ccc(Br)cc1)C(C)CC(=O)c1ccc(F)cc1. The van der Waals surface area contributed by atoms with Crippen molar-refractivity contribution in [3.05, 3.63) is 64.4 Å². The molecule has 1 amide bonds. The van der Waals surface area contributed by atoms with Crippen LogP contribution >= 0.6 is 15.9 Å². The Bertz CT molecular complexity index is 731. The molecule has 0 saturated heterocycles. The third-order valence-electron chi connectivity index (χ3n) is 3.77. The Morgan fingerprint density at radius 3 is 2.28 bits per heavy atom. The number of carbonyl (C=O) groups is 2. The van der Waals surface area contributed by atoms with E-state index in [9.17, 15) is 14.0 Å². The molecule has 0 aliphatic heterocycles. The number of hydrogen-bond donors (Lipinski definition) is 0. The van der Waals surface area contributed by atoms with Crippen LogP contribution in [0.3, 0.4) is 0 Å². The molecule has 0 N–H and O–H groups in total. The maximum Gasteiger partial charge on any atom is 0.415 e. The quantitative estimate of drug-likeness (QED) is 0.627. The molecule has 0 aliphatic carbocycles. The molecule has 2 rings (SSSR count). The second-order valence-corrected chi connectivity index (χ2v) is 6.51. The molecule has 2 aromatic carbocycles. The lowest BCUT2D eigenvalue weighted by molar-refractivity contribution is 0.0925. The number of nitrogens with zero attached hydrogens (tertiary/aromatic N) is 1. The van der Waals surface area contributed by atoms with Gasteiger partial charge in [0.1, 0.15) is 11.6 Å². The Morgan fingerprint density at radius 1 is 1.12 bits per heavy atom. The average molecular weight is 408 g/mol. The average Bonchev–Trinajstić information content (AvgIpc) is 2.58. The van der Waals surface area contributed by atoms with E-state index in [0.29, 0.717) is 17.9 Å². The fourth-order valence-electron chi connectivity index (χ4n) is 2.41. The molecule has 6 heteroatoms. The first-order valence-corrected chi connectivity index (χ1v) is 8.72. The zero-order valence-corrected chi connectivity index (χ0v) is 15.6. The number of carbonyl (C=O) groups excluding carboxylic acids is 2. The molecule has 1 unspecified atom stereocenters. The van der Waals surface area contributed by atoms with E-state index in [2.05, 4.69) is 15.9 Å². The van der Waals surface area contributed by atoms with E-state index in [1.165, 1.54) is 29.2 Å². The highest BCUT2D eigenvalue weighted by Gasteiger charge is 2.23. The van der Waals surface area contributed by atoms with Gasteiger partial charge < -0.3 is 9.64 Å². The monoisotopic (exact) mass is 407 g/mol. The van der Waals surface area contributed by atoms with Crippen LogP contribution < -0.4 is 4.74 Å². The molecule has 0 heterocycles. The Balaban J connectivity index is 2.00. The molecule has 0 bridgehead atoms. The second kappa shape index (κ2) is 8.76. The lowest BCUT2D eigenvalue weighted by Gasteiger charge is -2.26. The highest BCUT2D eigenvalue weighted by atomic mass is 79.9. The van der Waals surface area contributed by atoms with Gasteiger partial charge in [0.05, 0.1) is 0 Å². The molecule has 25 heavy (non-hydrogen) atoms. The van der Waals surface area contributed by atoms with Crippen LogP contribution in [-0.2, 0) is 0 Å². The van der Waals surface area contributed by atoms with Gasteiger partial charge in [-0.25, -0.2) is 9.18 Å². The fourth-order valence-corrected chi connectivity index (χ4v) is 2.68. The molecule has 2 aromatic rings. The van der Waals surface area contributed by atoms with Crippen LogP contribution in [0.2, 0.25) is 0 Å². The number of benzene rings is 2. The number of ether oxygens (including phenoxy) is 1. The van der Waals surface area contributed by atoms with E-state index < -0.39 is 11.9 Å². The third-order valence-corrected chi connectivity index (χ3v) is 4.30. The van der Waals surface area contributed by atoms with Crippen LogP contribution in [0.25, 0.3) is 0 Å². The summed E-state index contributed by atoms with van der Waals surface area (Å²) in [4.78, 5) is 26.2. The molecule has 4 nitrogen and oxygen atoms in total. The Morgan fingerprint density at radius 2 is 1.72 bits per heavy atom. The molecule has 0 radical (unpaired) electrons. The lowest BCUT2D eigenvalue weighted by Crippen LogP contribution is -2.41.